The molecule has 3 saturated heterocycles. The fourth-order valence-corrected chi connectivity index (χ4v) is 6.63. The molecule has 2 atom stereocenters. The van der Waals surface area contributed by atoms with Gasteiger partial charge in [0.1, 0.15) is 23.9 Å². The highest BCUT2D eigenvalue weighted by molar-refractivity contribution is 6.00. The zero-order valence-electron chi connectivity index (χ0n) is 25.9. The second kappa shape index (κ2) is 14.5. The van der Waals surface area contributed by atoms with Crippen LogP contribution in [0.4, 0.5) is 0 Å². The van der Waals surface area contributed by atoms with Crippen molar-refractivity contribution in [2.75, 3.05) is 39.9 Å². The molecule has 2 aromatic rings. The average Bonchev–Trinajstić information content (AvgIpc) is 3.07. The molecule has 0 aliphatic carbocycles. The highest BCUT2D eigenvalue weighted by Gasteiger charge is 2.55. The van der Waals surface area contributed by atoms with Gasteiger partial charge < -0.3 is 30.1 Å². The zero-order chi connectivity index (χ0) is 31.1. The monoisotopic (exact) mass is 606 g/mol. The van der Waals surface area contributed by atoms with Crippen LogP contribution in [0.25, 0.3) is 0 Å². The Morgan fingerprint density at radius 1 is 1.07 bits per heavy atom. The normalized spacial score (nSPS) is 21.6. The summed E-state index contributed by atoms with van der Waals surface area (Å²) in [5.74, 6) is 0.316. The maximum atomic E-state index is 13.8. The van der Waals surface area contributed by atoms with Gasteiger partial charge in [0, 0.05) is 52.0 Å². The molecule has 0 radical (unpaired) electrons. The number of rotatable bonds is 11. The molecular weight excluding hydrogens is 560 g/mol. The molecule has 0 bridgehead atoms. The van der Waals surface area contributed by atoms with E-state index in [0.29, 0.717) is 70.7 Å². The molecule has 238 valence electrons. The summed E-state index contributed by atoms with van der Waals surface area (Å²) in [4.78, 5) is 43.4. The van der Waals surface area contributed by atoms with Gasteiger partial charge in [-0.2, -0.15) is 0 Å². The summed E-state index contributed by atoms with van der Waals surface area (Å²) in [6.45, 7) is 6.29. The molecule has 3 aliphatic heterocycles. The first kappa shape index (κ1) is 31.9. The molecule has 2 aromatic carbocycles. The quantitative estimate of drug-likeness (QED) is 0.360. The number of ether oxygens (including phenoxy) is 2. The number of benzene rings is 2. The second-order valence-corrected chi connectivity index (χ2v) is 12.3. The van der Waals surface area contributed by atoms with Crippen LogP contribution >= 0.6 is 0 Å². The van der Waals surface area contributed by atoms with Crippen molar-refractivity contribution in [1.29, 1.82) is 0 Å². The first-order valence-electron chi connectivity index (χ1n) is 16.0. The Balaban J connectivity index is 1.16. The van der Waals surface area contributed by atoms with E-state index in [2.05, 4.69) is 34.6 Å². The van der Waals surface area contributed by atoms with Crippen LogP contribution in [0.5, 0.6) is 5.75 Å². The highest BCUT2D eigenvalue weighted by atomic mass is 16.5. The largest absolute Gasteiger partial charge is 0.489 e. The molecule has 0 aromatic heterocycles. The molecule has 10 nitrogen and oxygen atoms in total. The minimum atomic E-state index is -0.904. The molecule has 3 aliphatic rings. The van der Waals surface area contributed by atoms with Crippen LogP contribution in [-0.2, 0) is 27.5 Å². The summed E-state index contributed by atoms with van der Waals surface area (Å²) in [6, 6.07) is 14.5. The summed E-state index contributed by atoms with van der Waals surface area (Å²) in [5, 5.41) is 16.7. The van der Waals surface area contributed by atoms with Crippen LogP contribution < -0.4 is 15.4 Å². The number of nitrogens with zero attached hydrogens (tertiary/aromatic N) is 2. The Bertz CT molecular complexity index is 1270. The SMILES string of the molecule is CCCCN1C(=O)[C@@H]([C@H](O)C2CCOCC2)NC(=O)C12CCN(Cc1ccc(OCc3ccc(C(=O)NC)cc3)cc1)CC2. The lowest BCUT2D eigenvalue weighted by atomic mass is 9.79. The number of hydrogen-bond acceptors (Lipinski definition) is 7. The Kier molecular flexibility index (Phi) is 10.6. The van der Waals surface area contributed by atoms with Crippen LogP contribution in [0.3, 0.4) is 0 Å². The van der Waals surface area contributed by atoms with Crippen molar-refractivity contribution in [2.24, 2.45) is 5.92 Å². The summed E-state index contributed by atoms with van der Waals surface area (Å²) in [5.41, 5.74) is 1.87. The van der Waals surface area contributed by atoms with Crippen molar-refractivity contribution in [2.45, 2.75) is 76.3 Å². The number of hydrogen-bond donors (Lipinski definition) is 3. The molecule has 44 heavy (non-hydrogen) atoms. The maximum absolute atomic E-state index is 13.8. The number of amides is 3. The number of nitrogens with one attached hydrogen (secondary N) is 2. The predicted octanol–water partition coefficient (Wildman–Crippen LogP) is 2.87. The van der Waals surface area contributed by atoms with E-state index in [1.165, 1.54) is 0 Å². The van der Waals surface area contributed by atoms with Gasteiger partial charge in [-0.3, -0.25) is 19.3 Å². The molecule has 1 spiro atoms. The molecule has 3 heterocycles. The van der Waals surface area contributed by atoms with Crippen molar-refractivity contribution < 1.29 is 29.0 Å². The number of carbonyl (C=O) groups is 3. The molecule has 3 N–H and O–H groups in total. The van der Waals surface area contributed by atoms with E-state index in [0.717, 1.165) is 36.3 Å². The van der Waals surface area contributed by atoms with Crippen LogP contribution in [-0.4, -0.2) is 90.2 Å². The first-order valence-corrected chi connectivity index (χ1v) is 16.0. The lowest BCUT2D eigenvalue weighted by Crippen LogP contribution is -2.75. The van der Waals surface area contributed by atoms with Crippen LogP contribution in [0.2, 0.25) is 0 Å². The van der Waals surface area contributed by atoms with E-state index < -0.39 is 17.7 Å². The Labute approximate surface area is 260 Å². The standard InChI is InChI=1S/C34H46N4O6/c1-3-4-17-38-32(41)29(30(39)26-13-20-43-21-14-26)36-33(42)34(38)15-18-37(19-16-34)22-24-7-11-28(12-8-24)44-23-25-5-9-27(10-6-25)31(40)35-2/h5-12,26,29-30,39H,3-4,13-23H2,1-2H3,(H,35,40)(H,36,42)/t29-,30-/m1/s1. The third-order valence-corrected chi connectivity index (χ3v) is 9.45. The van der Waals surface area contributed by atoms with Crippen molar-refractivity contribution in [3.8, 4) is 5.75 Å². The van der Waals surface area contributed by atoms with Gasteiger partial charge in [-0.1, -0.05) is 37.6 Å². The van der Waals surface area contributed by atoms with Crippen LogP contribution in [0, 0.1) is 5.92 Å². The van der Waals surface area contributed by atoms with Crippen molar-refractivity contribution in [3.05, 3.63) is 65.2 Å². The highest BCUT2D eigenvalue weighted by Crippen LogP contribution is 2.35. The number of likely N-dealkylation sites (tertiary alicyclic amines) is 1. The van der Waals surface area contributed by atoms with Gasteiger partial charge in [0.05, 0.1) is 6.10 Å². The zero-order valence-corrected chi connectivity index (χ0v) is 25.9. The molecule has 3 fully saturated rings. The maximum Gasteiger partial charge on any atom is 0.251 e. The molecular formula is C34H46N4O6. The first-order chi connectivity index (χ1) is 21.3. The number of piperazine rings is 1. The van der Waals surface area contributed by atoms with Gasteiger partial charge in [-0.05, 0) is 73.4 Å². The average molecular weight is 607 g/mol. The van der Waals surface area contributed by atoms with E-state index >= 15 is 0 Å². The fraction of sp³-hybridized carbons (Fsp3) is 0.559. The Morgan fingerprint density at radius 3 is 2.36 bits per heavy atom. The van der Waals surface area contributed by atoms with E-state index in [1.807, 2.05) is 24.3 Å². The van der Waals surface area contributed by atoms with E-state index in [9.17, 15) is 19.5 Å². The van der Waals surface area contributed by atoms with Gasteiger partial charge in [0.15, 0.2) is 0 Å². The van der Waals surface area contributed by atoms with Gasteiger partial charge in [0.25, 0.3) is 5.91 Å². The van der Waals surface area contributed by atoms with Crippen LogP contribution in [0.15, 0.2) is 48.5 Å². The Hall–Kier alpha value is -3.47. The molecule has 0 unspecified atom stereocenters. The summed E-state index contributed by atoms with van der Waals surface area (Å²) >= 11 is 0. The summed E-state index contributed by atoms with van der Waals surface area (Å²) in [6.07, 6.45) is 3.35. The smallest absolute Gasteiger partial charge is 0.251 e. The number of aliphatic hydroxyl groups is 1. The minimum absolute atomic E-state index is 0.0551. The second-order valence-electron chi connectivity index (χ2n) is 12.3. The third-order valence-electron chi connectivity index (χ3n) is 9.45. The number of carbonyl (C=O) groups excluding carboxylic acids is 3. The predicted molar refractivity (Wildman–Crippen MR) is 166 cm³/mol. The molecule has 0 saturated carbocycles. The molecule has 10 heteroatoms. The van der Waals surface area contributed by atoms with Crippen LogP contribution in [0.1, 0.15) is 66.9 Å². The Morgan fingerprint density at radius 2 is 1.73 bits per heavy atom. The summed E-state index contributed by atoms with van der Waals surface area (Å²) < 4.78 is 11.4. The number of piperidine rings is 1. The van der Waals surface area contributed by atoms with Gasteiger partial charge in [0.2, 0.25) is 11.8 Å². The van der Waals surface area contributed by atoms with Crippen molar-refractivity contribution in [1.82, 2.24) is 20.4 Å². The van der Waals surface area contributed by atoms with Gasteiger partial charge in [-0.25, -0.2) is 0 Å². The van der Waals surface area contributed by atoms with E-state index in [4.69, 9.17) is 9.47 Å². The van der Waals surface area contributed by atoms with Crippen molar-refractivity contribution in [3.63, 3.8) is 0 Å². The van der Waals surface area contributed by atoms with Gasteiger partial charge >= 0.3 is 0 Å². The van der Waals surface area contributed by atoms with Crippen molar-refractivity contribution >= 4 is 17.7 Å². The fourth-order valence-electron chi connectivity index (χ4n) is 6.63. The van der Waals surface area contributed by atoms with Gasteiger partial charge in [-0.15, -0.1) is 0 Å². The molecule has 5 rings (SSSR count). The number of unbranched alkanes of at least 4 members (excludes halogenated alkanes) is 1. The molecule has 3 amide bonds. The topological polar surface area (TPSA) is 120 Å². The van der Waals surface area contributed by atoms with E-state index in [1.54, 1.807) is 24.1 Å². The summed E-state index contributed by atoms with van der Waals surface area (Å²) in [7, 11) is 1.61. The number of aliphatic hydroxyl groups excluding tert-OH is 1. The lowest BCUT2D eigenvalue weighted by Gasteiger charge is -2.52. The third kappa shape index (κ3) is 7.08. The van der Waals surface area contributed by atoms with E-state index in [-0.39, 0.29) is 23.6 Å². The minimum Gasteiger partial charge on any atom is -0.489 e. The lowest BCUT2D eigenvalue weighted by molar-refractivity contribution is -0.166.